The number of hydrogen-bond donors (Lipinski definition) is 1. The lowest BCUT2D eigenvalue weighted by atomic mass is 9.91. The third kappa shape index (κ3) is 19.8. The first-order chi connectivity index (χ1) is 12.7. The molecule has 1 atom stereocenters. The van der Waals surface area contributed by atoms with E-state index >= 15 is 0 Å². The van der Waals surface area contributed by atoms with E-state index in [9.17, 15) is 4.79 Å². The highest BCUT2D eigenvalue weighted by molar-refractivity contribution is 5.66. The van der Waals surface area contributed by atoms with E-state index in [1.807, 2.05) is 0 Å². The van der Waals surface area contributed by atoms with E-state index in [0.717, 1.165) is 12.8 Å². The van der Waals surface area contributed by atoms with Crippen molar-refractivity contribution in [2.24, 2.45) is 5.92 Å². The molecule has 0 aromatic carbocycles. The highest BCUT2D eigenvalue weighted by atomic mass is 16.4. The van der Waals surface area contributed by atoms with Gasteiger partial charge < -0.3 is 5.11 Å². The molecule has 0 aliphatic rings. The fourth-order valence-electron chi connectivity index (χ4n) is 3.91. The maximum atomic E-state index is 11.1. The second kappa shape index (κ2) is 20.8. The van der Waals surface area contributed by atoms with Crippen molar-refractivity contribution >= 4 is 5.97 Å². The summed E-state index contributed by atoms with van der Waals surface area (Å²) in [6.07, 6.45) is 25.5. The fourth-order valence-corrected chi connectivity index (χ4v) is 3.91. The largest absolute Gasteiger partial charge is 0.481 e. The Hall–Kier alpha value is -0.530. The third-order valence-corrected chi connectivity index (χ3v) is 5.65. The molecule has 26 heavy (non-hydrogen) atoms. The van der Waals surface area contributed by atoms with Gasteiger partial charge in [0, 0.05) is 6.42 Å². The van der Waals surface area contributed by atoms with E-state index in [-0.39, 0.29) is 0 Å². The summed E-state index contributed by atoms with van der Waals surface area (Å²) in [5.41, 5.74) is 0. The van der Waals surface area contributed by atoms with Crippen LogP contribution >= 0.6 is 0 Å². The molecule has 0 aromatic rings. The van der Waals surface area contributed by atoms with Crippen molar-refractivity contribution in [1.29, 1.82) is 0 Å². The van der Waals surface area contributed by atoms with Gasteiger partial charge in [-0.2, -0.15) is 0 Å². The van der Waals surface area contributed by atoms with Crippen molar-refractivity contribution < 1.29 is 9.90 Å². The smallest absolute Gasteiger partial charge is 0.303 e. The molecular formula is C24H48O2. The predicted octanol–water partition coefficient (Wildman–Crippen LogP) is 8.53. The molecule has 0 spiro atoms. The Morgan fingerprint density at radius 2 is 0.885 bits per heavy atom. The Balaban J connectivity index is 3.54. The summed E-state index contributed by atoms with van der Waals surface area (Å²) in [4.78, 5) is 11.1. The average Bonchev–Trinajstić information content (AvgIpc) is 2.61. The molecule has 1 unspecified atom stereocenters. The molecule has 156 valence electrons. The van der Waals surface area contributed by atoms with E-state index < -0.39 is 5.97 Å². The third-order valence-electron chi connectivity index (χ3n) is 5.65. The van der Waals surface area contributed by atoms with Crippen LogP contribution in [0.5, 0.6) is 0 Å². The molecule has 0 aliphatic carbocycles. The van der Waals surface area contributed by atoms with Gasteiger partial charge in [-0.3, -0.25) is 4.79 Å². The van der Waals surface area contributed by atoms with Crippen LogP contribution in [0.3, 0.4) is 0 Å². The van der Waals surface area contributed by atoms with Gasteiger partial charge in [-0.1, -0.05) is 123 Å². The minimum Gasteiger partial charge on any atom is -0.481 e. The number of carboxylic acids is 1. The molecular weight excluding hydrogens is 320 g/mol. The summed E-state index contributed by atoms with van der Waals surface area (Å²) < 4.78 is 0. The van der Waals surface area contributed by atoms with Crippen LogP contribution in [-0.2, 0) is 4.79 Å². The van der Waals surface area contributed by atoms with Crippen molar-refractivity contribution in [2.45, 2.75) is 142 Å². The lowest BCUT2D eigenvalue weighted by Gasteiger charge is -2.14. The van der Waals surface area contributed by atoms with Crippen LogP contribution in [0.25, 0.3) is 0 Å². The summed E-state index contributed by atoms with van der Waals surface area (Å²) in [6.45, 7) is 4.52. The first-order valence-corrected chi connectivity index (χ1v) is 11.9. The Morgan fingerprint density at radius 1 is 0.577 bits per heavy atom. The Bertz CT molecular complexity index is 288. The maximum absolute atomic E-state index is 11.1. The SMILES string of the molecule is CCCCCCCCCCCCCC(CCCCCCCC)CC(=O)O. The van der Waals surface area contributed by atoms with Gasteiger partial charge in [0.1, 0.15) is 0 Å². The van der Waals surface area contributed by atoms with Gasteiger partial charge in [0.2, 0.25) is 0 Å². The summed E-state index contributed by atoms with van der Waals surface area (Å²) in [6, 6.07) is 0. The van der Waals surface area contributed by atoms with E-state index in [2.05, 4.69) is 13.8 Å². The van der Waals surface area contributed by atoms with Crippen molar-refractivity contribution in [3.05, 3.63) is 0 Å². The van der Waals surface area contributed by atoms with Crippen LogP contribution in [0.1, 0.15) is 142 Å². The van der Waals surface area contributed by atoms with Gasteiger partial charge >= 0.3 is 5.97 Å². The lowest BCUT2D eigenvalue weighted by molar-refractivity contribution is -0.138. The van der Waals surface area contributed by atoms with Crippen LogP contribution in [-0.4, -0.2) is 11.1 Å². The first-order valence-electron chi connectivity index (χ1n) is 11.9. The van der Waals surface area contributed by atoms with Crippen LogP contribution in [0.4, 0.5) is 0 Å². The lowest BCUT2D eigenvalue weighted by Crippen LogP contribution is -2.08. The molecule has 0 bridgehead atoms. The molecule has 0 aliphatic heterocycles. The highest BCUT2D eigenvalue weighted by Gasteiger charge is 2.12. The van der Waals surface area contributed by atoms with E-state index in [1.54, 1.807) is 0 Å². The number of rotatable bonds is 21. The molecule has 0 amide bonds. The topological polar surface area (TPSA) is 37.3 Å². The monoisotopic (exact) mass is 368 g/mol. The number of carboxylic acid groups (broad SMARTS) is 1. The molecule has 1 N–H and O–H groups in total. The molecule has 0 radical (unpaired) electrons. The van der Waals surface area contributed by atoms with Gasteiger partial charge in [-0.15, -0.1) is 0 Å². The minimum atomic E-state index is -0.607. The molecule has 0 saturated carbocycles. The highest BCUT2D eigenvalue weighted by Crippen LogP contribution is 2.22. The van der Waals surface area contributed by atoms with Gasteiger partial charge in [0.15, 0.2) is 0 Å². The standard InChI is InChI=1S/C24H48O2/c1-3-5-7-9-11-12-13-14-15-17-19-21-23(22-24(25)26)20-18-16-10-8-6-4-2/h23H,3-22H2,1-2H3,(H,25,26). The maximum Gasteiger partial charge on any atom is 0.303 e. The van der Waals surface area contributed by atoms with E-state index in [1.165, 1.54) is 109 Å². The van der Waals surface area contributed by atoms with Gasteiger partial charge in [0.05, 0.1) is 0 Å². The zero-order valence-corrected chi connectivity index (χ0v) is 18.1. The van der Waals surface area contributed by atoms with Crippen LogP contribution in [0.2, 0.25) is 0 Å². The number of unbranched alkanes of at least 4 members (excludes halogenated alkanes) is 15. The number of aliphatic carboxylic acids is 1. The van der Waals surface area contributed by atoms with Gasteiger partial charge in [0.25, 0.3) is 0 Å². The van der Waals surface area contributed by atoms with Gasteiger partial charge in [-0.05, 0) is 18.8 Å². The average molecular weight is 369 g/mol. The van der Waals surface area contributed by atoms with Crippen LogP contribution < -0.4 is 0 Å². The zero-order valence-electron chi connectivity index (χ0n) is 18.1. The van der Waals surface area contributed by atoms with Crippen molar-refractivity contribution in [3.63, 3.8) is 0 Å². The number of hydrogen-bond acceptors (Lipinski definition) is 1. The summed E-state index contributed by atoms with van der Waals surface area (Å²) >= 11 is 0. The van der Waals surface area contributed by atoms with E-state index in [0.29, 0.717) is 12.3 Å². The Labute approximate surface area is 164 Å². The number of carbonyl (C=O) groups is 1. The summed E-state index contributed by atoms with van der Waals surface area (Å²) in [7, 11) is 0. The summed E-state index contributed by atoms with van der Waals surface area (Å²) in [5, 5.41) is 9.13. The molecule has 0 heterocycles. The zero-order chi connectivity index (χ0) is 19.3. The van der Waals surface area contributed by atoms with Crippen LogP contribution in [0.15, 0.2) is 0 Å². The molecule has 0 fully saturated rings. The first kappa shape index (κ1) is 25.5. The minimum absolute atomic E-state index is 0.382. The van der Waals surface area contributed by atoms with Crippen molar-refractivity contribution in [2.75, 3.05) is 0 Å². The molecule has 2 heteroatoms. The van der Waals surface area contributed by atoms with E-state index in [4.69, 9.17) is 5.11 Å². The normalized spacial score (nSPS) is 12.4. The summed E-state index contributed by atoms with van der Waals surface area (Å²) in [5.74, 6) is -0.193. The van der Waals surface area contributed by atoms with Crippen LogP contribution in [0, 0.1) is 5.92 Å². The quantitative estimate of drug-likeness (QED) is 0.206. The fraction of sp³-hybridized carbons (Fsp3) is 0.958. The molecule has 0 saturated heterocycles. The van der Waals surface area contributed by atoms with Crippen molar-refractivity contribution in [3.8, 4) is 0 Å². The predicted molar refractivity (Wildman–Crippen MR) is 115 cm³/mol. The molecule has 2 nitrogen and oxygen atoms in total. The molecule has 0 aromatic heterocycles. The van der Waals surface area contributed by atoms with Gasteiger partial charge in [-0.25, -0.2) is 0 Å². The second-order valence-corrected chi connectivity index (χ2v) is 8.34. The Morgan fingerprint density at radius 3 is 1.19 bits per heavy atom. The van der Waals surface area contributed by atoms with Crippen molar-refractivity contribution in [1.82, 2.24) is 0 Å². The molecule has 0 rings (SSSR count). The second-order valence-electron chi connectivity index (χ2n) is 8.34. The Kier molecular flexibility index (Phi) is 20.4.